The first-order chi connectivity index (χ1) is 12.8. The quantitative estimate of drug-likeness (QED) is 0.671. The van der Waals surface area contributed by atoms with Crippen molar-refractivity contribution in [3.05, 3.63) is 59.8 Å². The summed E-state index contributed by atoms with van der Waals surface area (Å²) in [5.74, 6) is 0.918. The molecule has 1 N–H and O–H groups in total. The van der Waals surface area contributed by atoms with Crippen LogP contribution in [0, 0.1) is 6.92 Å². The molecule has 3 aromatic rings. The first kappa shape index (κ1) is 17.2. The van der Waals surface area contributed by atoms with Crippen LogP contribution in [0.15, 0.2) is 48.5 Å². The number of benzene rings is 2. The highest BCUT2D eigenvalue weighted by molar-refractivity contribution is 5.88. The van der Waals surface area contributed by atoms with Crippen molar-refractivity contribution in [2.45, 2.75) is 51.6 Å². The Balaban J connectivity index is 1.76. The van der Waals surface area contributed by atoms with Crippen LogP contribution in [0.4, 0.5) is 0 Å². The molecule has 2 aromatic carbocycles. The first-order valence-electron chi connectivity index (χ1n) is 9.74. The highest BCUT2D eigenvalue weighted by Gasteiger charge is 2.18. The lowest BCUT2D eigenvalue weighted by Crippen LogP contribution is -2.30. The smallest absolute Gasteiger partial charge is 0.119 e. The molecule has 136 valence electrons. The molecule has 0 atom stereocenters. The number of nitrogens with one attached hydrogen (secondary N) is 1. The van der Waals surface area contributed by atoms with E-state index < -0.39 is 0 Å². The molecule has 1 aromatic heterocycles. The maximum absolute atomic E-state index is 5.50. The van der Waals surface area contributed by atoms with Crippen LogP contribution in [-0.4, -0.2) is 17.7 Å². The van der Waals surface area contributed by atoms with E-state index in [1.807, 2.05) is 0 Å². The van der Waals surface area contributed by atoms with Crippen LogP contribution in [0.2, 0.25) is 0 Å². The SMILES string of the molecule is COc1ccc2c(c1)c(CNC1CCCCC1)c(C)n2-c1ccccc1. The van der Waals surface area contributed by atoms with Gasteiger partial charge in [0.1, 0.15) is 5.75 Å². The Labute approximate surface area is 156 Å². The second kappa shape index (κ2) is 7.55. The Morgan fingerprint density at radius 1 is 1.04 bits per heavy atom. The molecule has 1 heterocycles. The zero-order chi connectivity index (χ0) is 17.9. The topological polar surface area (TPSA) is 26.2 Å². The Morgan fingerprint density at radius 2 is 1.81 bits per heavy atom. The van der Waals surface area contributed by atoms with Gasteiger partial charge in [0, 0.05) is 29.4 Å². The molecule has 4 rings (SSSR count). The first-order valence-corrected chi connectivity index (χ1v) is 9.74. The van der Waals surface area contributed by atoms with Crippen LogP contribution < -0.4 is 10.1 Å². The summed E-state index contributed by atoms with van der Waals surface area (Å²) in [4.78, 5) is 0. The zero-order valence-corrected chi connectivity index (χ0v) is 15.8. The minimum atomic E-state index is 0.656. The van der Waals surface area contributed by atoms with E-state index in [0.717, 1.165) is 12.3 Å². The van der Waals surface area contributed by atoms with E-state index in [0.29, 0.717) is 6.04 Å². The third-order valence-electron chi connectivity index (χ3n) is 5.73. The van der Waals surface area contributed by atoms with E-state index in [2.05, 4.69) is 65.3 Å². The molecule has 1 aliphatic carbocycles. The fourth-order valence-electron chi connectivity index (χ4n) is 4.28. The normalized spacial score (nSPS) is 15.5. The number of nitrogens with zero attached hydrogens (tertiary/aromatic N) is 1. The summed E-state index contributed by atoms with van der Waals surface area (Å²) in [6, 6.07) is 17.7. The van der Waals surface area contributed by atoms with Gasteiger partial charge >= 0.3 is 0 Å². The number of hydrogen-bond acceptors (Lipinski definition) is 2. The van der Waals surface area contributed by atoms with Crippen LogP contribution in [0.25, 0.3) is 16.6 Å². The van der Waals surface area contributed by atoms with Gasteiger partial charge in [0.25, 0.3) is 0 Å². The number of fused-ring (bicyclic) bond motifs is 1. The summed E-state index contributed by atoms with van der Waals surface area (Å²) in [6.07, 6.45) is 6.72. The van der Waals surface area contributed by atoms with Crippen molar-refractivity contribution in [1.82, 2.24) is 9.88 Å². The van der Waals surface area contributed by atoms with Crippen LogP contribution in [0.1, 0.15) is 43.4 Å². The van der Waals surface area contributed by atoms with Gasteiger partial charge in [0.15, 0.2) is 0 Å². The van der Waals surface area contributed by atoms with Gasteiger partial charge in [-0.05, 0) is 55.7 Å². The molecule has 0 radical (unpaired) electrons. The van der Waals surface area contributed by atoms with Crippen molar-refractivity contribution >= 4 is 10.9 Å². The summed E-state index contributed by atoms with van der Waals surface area (Å²) >= 11 is 0. The van der Waals surface area contributed by atoms with Crippen molar-refractivity contribution < 1.29 is 4.74 Å². The van der Waals surface area contributed by atoms with Crippen LogP contribution in [-0.2, 0) is 6.54 Å². The number of hydrogen-bond donors (Lipinski definition) is 1. The maximum Gasteiger partial charge on any atom is 0.119 e. The molecule has 0 saturated heterocycles. The van der Waals surface area contributed by atoms with E-state index in [4.69, 9.17) is 4.74 Å². The molecule has 0 aliphatic heterocycles. The predicted molar refractivity (Wildman–Crippen MR) is 108 cm³/mol. The highest BCUT2D eigenvalue weighted by Crippen LogP contribution is 2.32. The van der Waals surface area contributed by atoms with Gasteiger partial charge in [-0.15, -0.1) is 0 Å². The number of para-hydroxylation sites is 1. The van der Waals surface area contributed by atoms with Crippen molar-refractivity contribution in [3.8, 4) is 11.4 Å². The van der Waals surface area contributed by atoms with Crippen molar-refractivity contribution in [2.75, 3.05) is 7.11 Å². The fourth-order valence-corrected chi connectivity index (χ4v) is 4.28. The number of aromatic nitrogens is 1. The molecular weight excluding hydrogens is 320 g/mol. The third-order valence-corrected chi connectivity index (χ3v) is 5.73. The molecule has 3 nitrogen and oxygen atoms in total. The van der Waals surface area contributed by atoms with Gasteiger partial charge in [-0.2, -0.15) is 0 Å². The monoisotopic (exact) mass is 348 g/mol. The average Bonchev–Trinajstić information content (AvgIpc) is 2.98. The Morgan fingerprint density at radius 3 is 2.54 bits per heavy atom. The van der Waals surface area contributed by atoms with Crippen LogP contribution >= 0.6 is 0 Å². The van der Waals surface area contributed by atoms with Crippen LogP contribution in [0.3, 0.4) is 0 Å². The van der Waals surface area contributed by atoms with E-state index >= 15 is 0 Å². The van der Waals surface area contributed by atoms with Gasteiger partial charge in [0.05, 0.1) is 12.6 Å². The van der Waals surface area contributed by atoms with Crippen molar-refractivity contribution in [1.29, 1.82) is 0 Å². The van der Waals surface area contributed by atoms with Gasteiger partial charge in [-0.1, -0.05) is 37.5 Å². The largest absolute Gasteiger partial charge is 0.497 e. The third kappa shape index (κ3) is 3.24. The van der Waals surface area contributed by atoms with E-state index in [1.165, 1.54) is 60.0 Å². The lowest BCUT2D eigenvalue weighted by Gasteiger charge is -2.23. The van der Waals surface area contributed by atoms with Crippen molar-refractivity contribution in [2.24, 2.45) is 0 Å². The molecule has 1 fully saturated rings. The molecule has 1 aliphatic rings. The van der Waals surface area contributed by atoms with E-state index in [1.54, 1.807) is 7.11 Å². The van der Waals surface area contributed by atoms with Crippen LogP contribution in [0.5, 0.6) is 5.75 Å². The maximum atomic E-state index is 5.50. The second-order valence-electron chi connectivity index (χ2n) is 7.33. The molecule has 0 amide bonds. The Bertz CT molecular complexity index is 876. The molecule has 3 heteroatoms. The molecule has 1 saturated carbocycles. The zero-order valence-electron chi connectivity index (χ0n) is 15.8. The Hall–Kier alpha value is -2.26. The summed E-state index contributed by atoms with van der Waals surface area (Å²) in [7, 11) is 1.74. The molecule has 0 spiro atoms. The van der Waals surface area contributed by atoms with Crippen molar-refractivity contribution in [3.63, 3.8) is 0 Å². The lowest BCUT2D eigenvalue weighted by atomic mass is 9.95. The van der Waals surface area contributed by atoms with Gasteiger partial charge in [-0.3, -0.25) is 0 Å². The summed E-state index contributed by atoms with van der Waals surface area (Å²) in [6.45, 7) is 3.15. The molecule has 0 unspecified atom stereocenters. The standard InChI is InChI=1S/C23H28N2O/c1-17-22(16-24-18-9-5-3-6-10-18)21-15-20(26-2)13-14-23(21)25(17)19-11-7-4-8-12-19/h4,7-8,11-15,18,24H,3,5-6,9-10,16H2,1-2H3. The molecular formula is C23H28N2O. The molecule has 0 bridgehead atoms. The summed E-state index contributed by atoms with van der Waals surface area (Å²) in [5, 5.41) is 5.11. The van der Waals surface area contributed by atoms with Gasteiger partial charge in [0.2, 0.25) is 0 Å². The van der Waals surface area contributed by atoms with E-state index in [9.17, 15) is 0 Å². The number of methoxy groups -OCH3 is 1. The second-order valence-corrected chi connectivity index (χ2v) is 7.33. The van der Waals surface area contributed by atoms with E-state index in [-0.39, 0.29) is 0 Å². The Kier molecular flexibility index (Phi) is 4.98. The highest BCUT2D eigenvalue weighted by atomic mass is 16.5. The van der Waals surface area contributed by atoms with Gasteiger partial charge < -0.3 is 14.6 Å². The number of rotatable bonds is 5. The lowest BCUT2D eigenvalue weighted by molar-refractivity contribution is 0.372. The summed E-state index contributed by atoms with van der Waals surface area (Å²) < 4.78 is 7.86. The molecule has 26 heavy (non-hydrogen) atoms. The average molecular weight is 348 g/mol. The minimum Gasteiger partial charge on any atom is -0.497 e. The summed E-state index contributed by atoms with van der Waals surface area (Å²) in [5.41, 5.74) is 5.15. The fraction of sp³-hybridized carbons (Fsp3) is 0.391. The number of ether oxygens (including phenoxy) is 1. The predicted octanol–water partition coefficient (Wildman–Crippen LogP) is 5.37. The minimum absolute atomic E-state index is 0.656. The van der Waals surface area contributed by atoms with Gasteiger partial charge in [-0.25, -0.2) is 0 Å².